The molecule has 0 spiro atoms. The summed E-state index contributed by atoms with van der Waals surface area (Å²) in [5.41, 5.74) is 1.19. The van der Waals surface area contributed by atoms with Crippen molar-refractivity contribution >= 4 is 41.5 Å². The van der Waals surface area contributed by atoms with E-state index in [4.69, 9.17) is 16.3 Å². The Balaban J connectivity index is 0.00000288. The van der Waals surface area contributed by atoms with Crippen LogP contribution in [0, 0.1) is 0 Å². The second kappa shape index (κ2) is 11.9. The Hall–Kier alpha value is -1.54. The summed E-state index contributed by atoms with van der Waals surface area (Å²) in [6, 6.07) is 11.6. The molecule has 0 atom stereocenters. The van der Waals surface area contributed by atoms with Crippen molar-refractivity contribution < 1.29 is 4.74 Å². The number of nitrogens with one attached hydrogen (secondary N) is 2. The van der Waals surface area contributed by atoms with E-state index in [1.54, 1.807) is 19.4 Å². The highest BCUT2D eigenvalue weighted by Crippen LogP contribution is 2.10. The molecule has 0 saturated heterocycles. The van der Waals surface area contributed by atoms with Gasteiger partial charge in [0.15, 0.2) is 5.96 Å². The number of nitrogens with zero attached hydrogens (tertiary/aromatic N) is 2. The van der Waals surface area contributed by atoms with Crippen molar-refractivity contribution in [3.8, 4) is 5.75 Å². The molecule has 0 saturated carbocycles. The first-order valence-electron chi connectivity index (χ1n) is 7.50. The zero-order valence-electron chi connectivity index (χ0n) is 13.5. The summed E-state index contributed by atoms with van der Waals surface area (Å²) in [6.07, 6.45) is 4.29. The molecule has 0 unspecified atom stereocenters. The molecule has 1 aromatic heterocycles. The number of pyridine rings is 1. The number of benzene rings is 1. The Morgan fingerprint density at radius 2 is 2.04 bits per heavy atom. The largest absolute Gasteiger partial charge is 0.490 e. The second-order valence-corrected chi connectivity index (χ2v) is 5.28. The van der Waals surface area contributed by atoms with Crippen molar-refractivity contribution in [2.45, 2.75) is 6.42 Å². The molecule has 0 fully saturated rings. The molecule has 5 nitrogen and oxygen atoms in total. The number of aromatic nitrogens is 1. The van der Waals surface area contributed by atoms with E-state index in [2.05, 4.69) is 26.7 Å². The maximum Gasteiger partial charge on any atom is 0.191 e. The molecule has 1 heterocycles. The number of rotatable bonds is 7. The number of halogens is 2. The van der Waals surface area contributed by atoms with Gasteiger partial charge in [-0.25, -0.2) is 0 Å². The molecule has 24 heavy (non-hydrogen) atoms. The molecule has 0 aliphatic rings. The van der Waals surface area contributed by atoms with Gasteiger partial charge < -0.3 is 15.4 Å². The first-order chi connectivity index (χ1) is 11.3. The summed E-state index contributed by atoms with van der Waals surface area (Å²) in [6.45, 7) is 1.98. The Morgan fingerprint density at radius 1 is 1.21 bits per heavy atom. The van der Waals surface area contributed by atoms with Crippen LogP contribution in [0.2, 0.25) is 5.02 Å². The quantitative estimate of drug-likeness (QED) is 0.288. The molecule has 130 valence electrons. The highest BCUT2D eigenvalue weighted by molar-refractivity contribution is 14.0. The molecule has 0 bridgehead atoms. The molecule has 0 aliphatic heterocycles. The van der Waals surface area contributed by atoms with Crippen molar-refractivity contribution in [1.82, 2.24) is 15.6 Å². The van der Waals surface area contributed by atoms with Crippen LogP contribution in [0.25, 0.3) is 0 Å². The average Bonchev–Trinajstić information content (AvgIpc) is 2.58. The molecule has 2 N–H and O–H groups in total. The number of ether oxygens (including phenoxy) is 1. The first kappa shape index (κ1) is 20.5. The summed E-state index contributed by atoms with van der Waals surface area (Å²) >= 11 is 5.97. The normalized spacial score (nSPS) is 10.7. The number of aliphatic imine (C=N–C) groups is 1. The third-order valence-electron chi connectivity index (χ3n) is 3.12. The van der Waals surface area contributed by atoms with E-state index in [-0.39, 0.29) is 24.0 Å². The third kappa shape index (κ3) is 7.83. The van der Waals surface area contributed by atoms with E-state index in [0.717, 1.165) is 29.7 Å². The molecule has 0 radical (unpaired) electrons. The van der Waals surface area contributed by atoms with Gasteiger partial charge in [0.1, 0.15) is 12.4 Å². The number of hydrogen-bond donors (Lipinski definition) is 2. The fourth-order valence-corrected chi connectivity index (χ4v) is 2.22. The van der Waals surface area contributed by atoms with Crippen LogP contribution in [-0.2, 0) is 6.42 Å². The molecule has 7 heteroatoms. The van der Waals surface area contributed by atoms with Crippen molar-refractivity contribution in [3.63, 3.8) is 0 Å². The van der Waals surface area contributed by atoms with Crippen LogP contribution in [0.4, 0.5) is 0 Å². The lowest BCUT2D eigenvalue weighted by Crippen LogP contribution is -2.40. The van der Waals surface area contributed by atoms with Gasteiger partial charge in [-0.05, 0) is 36.2 Å². The molecular formula is C17H22ClIN4O. The average molecular weight is 461 g/mol. The van der Waals surface area contributed by atoms with Gasteiger partial charge in [0.05, 0.1) is 12.7 Å². The first-order valence-corrected chi connectivity index (χ1v) is 7.87. The maximum atomic E-state index is 5.97. The van der Waals surface area contributed by atoms with E-state index >= 15 is 0 Å². The predicted octanol–water partition coefficient (Wildman–Crippen LogP) is 3.14. The minimum atomic E-state index is 0. The molecule has 0 amide bonds. The Morgan fingerprint density at radius 3 is 2.75 bits per heavy atom. The third-order valence-corrected chi connectivity index (χ3v) is 3.35. The summed E-state index contributed by atoms with van der Waals surface area (Å²) in [7, 11) is 1.75. The summed E-state index contributed by atoms with van der Waals surface area (Å²) in [5.74, 6) is 1.51. The lowest BCUT2D eigenvalue weighted by Gasteiger charge is -2.12. The summed E-state index contributed by atoms with van der Waals surface area (Å²) in [4.78, 5) is 8.18. The molecular weight excluding hydrogens is 439 g/mol. The van der Waals surface area contributed by atoms with Crippen LogP contribution in [0.3, 0.4) is 0 Å². The van der Waals surface area contributed by atoms with Gasteiger partial charge in [-0.3, -0.25) is 9.98 Å². The lowest BCUT2D eigenvalue weighted by molar-refractivity contribution is 0.320. The van der Waals surface area contributed by atoms with Gasteiger partial charge in [-0.15, -0.1) is 24.0 Å². The van der Waals surface area contributed by atoms with Crippen LogP contribution in [0.1, 0.15) is 5.56 Å². The minimum Gasteiger partial charge on any atom is -0.490 e. The van der Waals surface area contributed by atoms with Gasteiger partial charge in [-0.1, -0.05) is 23.7 Å². The number of hydrogen-bond acceptors (Lipinski definition) is 3. The van der Waals surface area contributed by atoms with Crippen LogP contribution >= 0.6 is 35.6 Å². The SMILES string of the molecule is CN=C(NCCOc1cccnc1)NCCc1cccc(Cl)c1.I. The Labute approximate surface area is 164 Å². The van der Waals surface area contributed by atoms with Crippen LogP contribution in [0.15, 0.2) is 53.8 Å². The van der Waals surface area contributed by atoms with Gasteiger partial charge in [-0.2, -0.15) is 0 Å². The zero-order valence-corrected chi connectivity index (χ0v) is 16.6. The highest BCUT2D eigenvalue weighted by atomic mass is 127. The van der Waals surface area contributed by atoms with Gasteiger partial charge >= 0.3 is 0 Å². The van der Waals surface area contributed by atoms with Crippen molar-refractivity contribution in [3.05, 3.63) is 59.4 Å². The van der Waals surface area contributed by atoms with E-state index in [9.17, 15) is 0 Å². The summed E-state index contributed by atoms with van der Waals surface area (Å²) < 4.78 is 5.57. The van der Waals surface area contributed by atoms with E-state index < -0.39 is 0 Å². The van der Waals surface area contributed by atoms with E-state index in [1.165, 1.54) is 5.56 Å². The number of guanidine groups is 1. The highest BCUT2D eigenvalue weighted by Gasteiger charge is 1.99. The van der Waals surface area contributed by atoms with Gasteiger partial charge in [0, 0.05) is 24.8 Å². The second-order valence-electron chi connectivity index (χ2n) is 4.84. The van der Waals surface area contributed by atoms with Gasteiger partial charge in [0.2, 0.25) is 0 Å². The fraction of sp³-hybridized carbons (Fsp3) is 0.294. The lowest BCUT2D eigenvalue weighted by atomic mass is 10.1. The maximum absolute atomic E-state index is 5.97. The predicted molar refractivity (Wildman–Crippen MR) is 110 cm³/mol. The molecule has 0 aliphatic carbocycles. The monoisotopic (exact) mass is 460 g/mol. The standard InChI is InChI=1S/C17H21ClN4O.HI/c1-19-17(21-9-7-14-4-2-5-15(18)12-14)22-10-11-23-16-6-3-8-20-13-16;/h2-6,8,12-13H,7,9-11H2,1H3,(H2,19,21,22);1H. The van der Waals surface area contributed by atoms with Crippen LogP contribution in [-0.4, -0.2) is 37.7 Å². The van der Waals surface area contributed by atoms with Crippen molar-refractivity contribution in [2.75, 3.05) is 26.7 Å². The van der Waals surface area contributed by atoms with Gasteiger partial charge in [0.25, 0.3) is 0 Å². The smallest absolute Gasteiger partial charge is 0.191 e. The van der Waals surface area contributed by atoms with Crippen LogP contribution < -0.4 is 15.4 Å². The minimum absolute atomic E-state index is 0. The van der Waals surface area contributed by atoms with Crippen molar-refractivity contribution in [1.29, 1.82) is 0 Å². The summed E-state index contributed by atoms with van der Waals surface area (Å²) in [5, 5.41) is 7.23. The Kier molecular flexibility index (Phi) is 10.2. The molecule has 2 aromatic rings. The zero-order chi connectivity index (χ0) is 16.3. The fourth-order valence-electron chi connectivity index (χ4n) is 2.01. The molecule has 1 aromatic carbocycles. The Bertz CT molecular complexity index is 625. The van der Waals surface area contributed by atoms with E-state index in [1.807, 2.05) is 30.3 Å². The molecule has 2 rings (SSSR count). The van der Waals surface area contributed by atoms with Crippen LogP contribution in [0.5, 0.6) is 5.75 Å². The van der Waals surface area contributed by atoms with E-state index in [0.29, 0.717) is 13.2 Å². The topological polar surface area (TPSA) is 58.5 Å². The van der Waals surface area contributed by atoms with Crippen molar-refractivity contribution in [2.24, 2.45) is 4.99 Å².